The molecule has 0 N–H and O–H groups in total. The van der Waals surface area contributed by atoms with Crippen molar-refractivity contribution in [3.05, 3.63) is 212 Å². The minimum atomic E-state index is 0.694. The van der Waals surface area contributed by atoms with Crippen molar-refractivity contribution >= 4 is 54.5 Å². The summed E-state index contributed by atoms with van der Waals surface area (Å²) in [6.45, 7) is 0. The van der Waals surface area contributed by atoms with Gasteiger partial charge in [-0.05, 0) is 70.1 Å². The highest BCUT2D eigenvalue weighted by Crippen LogP contribution is 2.44. The van der Waals surface area contributed by atoms with Crippen LogP contribution >= 0.6 is 0 Å². The van der Waals surface area contributed by atoms with Gasteiger partial charge in [0.05, 0.1) is 33.5 Å². The van der Waals surface area contributed by atoms with Crippen molar-refractivity contribution in [1.29, 1.82) is 0 Å². The average Bonchev–Trinajstić information content (AvgIpc) is 3.88. The first-order valence-electron chi connectivity index (χ1n) is 20.3. The Kier molecular flexibility index (Phi) is 7.82. The standard InChI is InChI=1S/C56H35N3O/c1-3-15-36(16-4-1)40-19-13-20-41(33-40)49-35-48(57-56(58-49)39-17-5-2-6-18-39)38-31-29-37(30-32-38)46-34-47-54-52(27-14-28-53(54)60-55(47)45-24-8-7-21-42(45)46)59-50-25-11-9-22-43(50)44-23-10-12-26-51(44)59/h1-35H. The third-order valence-corrected chi connectivity index (χ3v) is 11.8. The fourth-order valence-electron chi connectivity index (χ4n) is 9.01. The van der Waals surface area contributed by atoms with E-state index in [4.69, 9.17) is 14.4 Å². The summed E-state index contributed by atoms with van der Waals surface area (Å²) in [5.41, 5.74) is 14.6. The van der Waals surface area contributed by atoms with Crippen LogP contribution in [0.3, 0.4) is 0 Å². The molecule has 0 aliphatic rings. The zero-order chi connectivity index (χ0) is 39.6. The van der Waals surface area contributed by atoms with Crippen LogP contribution in [0.2, 0.25) is 0 Å². The number of furan rings is 1. The van der Waals surface area contributed by atoms with Crippen LogP contribution in [0.1, 0.15) is 0 Å². The maximum Gasteiger partial charge on any atom is 0.160 e. The van der Waals surface area contributed by atoms with Crippen LogP contribution in [0.25, 0.3) is 116 Å². The largest absolute Gasteiger partial charge is 0.455 e. The molecule has 0 saturated heterocycles. The second-order valence-corrected chi connectivity index (χ2v) is 15.3. The van der Waals surface area contributed by atoms with Gasteiger partial charge >= 0.3 is 0 Å². The summed E-state index contributed by atoms with van der Waals surface area (Å²) in [7, 11) is 0. The molecule has 9 aromatic carbocycles. The SMILES string of the molecule is c1ccc(-c2cccc(-c3cc(-c4ccc(-c5cc6c(oc7cccc(-n8c9ccccc9c9ccccc98)c76)c6ccccc56)cc4)nc(-c4ccccc4)n3)c2)cc1. The predicted molar refractivity (Wildman–Crippen MR) is 248 cm³/mol. The van der Waals surface area contributed by atoms with E-state index >= 15 is 0 Å². The number of fused-ring (bicyclic) bond motifs is 8. The van der Waals surface area contributed by atoms with Crippen molar-refractivity contribution < 1.29 is 4.42 Å². The van der Waals surface area contributed by atoms with Gasteiger partial charge in [-0.25, -0.2) is 9.97 Å². The van der Waals surface area contributed by atoms with Gasteiger partial charge in [-0.15, -0.1) is 0 Å². The molecule has 0 fully saturated rings. The highest BCUT2D eigenvalue weighted by atomic mass is 16.3. The molecular weight excluding hydrogens is 731 g/mol. The van der Waals surface area contributed by atoms with Crippen molar-refractivity contribution in [2.75, 3.05) is 0 Å². The molecule has 0 spiro atoms. The van der Waals surface area contributed by atoms with E-state index in [0.29, 0.717) is 5.82 Å². The molecule has 4 nitrogen and oxygen atoms in total. The number of rotatable bonds is 6. The Bertz CT molecular complexity index is 3530. The quantitative estimate of drug-likeness (QED) is 0.169. The lowest BCUT2D eigenvalue weighted by Gasteiger charge is -2.12. The minimum Gasteiger partial charge on any atom is -0.455 e. The summed E-state index contributed by atoms with van der Waals surface area (Å²) >= 11 is 0. The fraction of sp³-hybridized carbons (Fsp3) is 0. The van der Waals surface area contributed by atoms with Gasteiger partial charge in [0, 0.05) is 38.2 Å². The summed E-state index contributed by atoms with van der Waals surface area (Å²) in [4.78, 5) is 10.3. The average molecular weight is 766 g/mol. The molecule has 280 valence electrons. The van der Waals surface area contributed by atoms with Crippen LogP contribution in [0.4, 0.5) is 0 Å². The lowest BCUT2D eigenvalue weighted by Crippen LogP contribution is -1.96. The molecule has 3 heterocycles. The van der Waals surface area contributed by atoms with Gasteiger partial charge < -0.3 is 8.98 Å². The third-order valence-electron chi connectivity index (χ3n) is 11.8. The number of hydrogen-bond donors (Lipinski definition) is 0. The number of hydrogen-bond acceptors (Lipinski definition) is 3. The number of aromatic nitrogens is 3. The molecule has 4 heteroatoms. The van der Waals surface area contributed by atoms with E-state index in [1.807, 2.05) is 24.3 Å². The second kappa shape index (κ2) is 13.8. The molecule has 0 aliphatic carbocycles. The van der Waals surface area contributed by atoms with Crippen LogP contribution in [0.5, 0.6) is 0 Å². The molecule has 0 bridgehead atoms. The lowest BCUT2D eigenvalue weighted by molar-refractivity contribution is 0.672. The summed E-state index contributed by atoms with van der Waals surface area (Å²) in [6, 6.07) is 74.9. The number of nitrogens with zero attached hydrogens (tertiary/aromatic N) is 3. The molecule has 0 unspecified atom stereocenters. The molecule has 0 aliphatic heterocycles. The molecule has 0 amide bonds. The minimum absolute atomic E-state index is 0.694. The fourth-order valence-corrected chi connectivity index (χ4v) is 9.01. The molecule has 12 rings (SSSR count). The van der Waals surface area contributed by atoms with Gasteiger partial charge in [0.15, 0.2) is 5.82 Å². The Morgan fingerprint density at radius 3 is 1.62 bits per heavy atom. The van der Waals surface area contributed by atoms with E-state index in [1.165, 1.54) is 27.4 Å². The van der Waals surface area contributed by atoms with Gasteiger partial charge in [-0.3, -0.25) is 0 Å². The molecule has 12 aromatic rings. The monoisotopic (exact) mass is 765 g/mol. The lowest BCUT2D eigenvalue weighted by atomic mass is 9.94. The Morgan fingerprint density at radius 1 is 0.350 bits per heavy atom. The Balaban J connectivity index is 1.01. The van der Waals surface area contributed by atoms with Gasteiger partial charge in [0.2, 0.25) is 0 Å². The smallest absolute Gasteiger partial charge is 0.160 e. The van der Waals surface area contributed by atoms with Crippen molar-refractivity contribution in [2.24, 2.45) is 0 Å². The molecule has 0 radical (unpaired) electrons. The molecule has 3 aromatic heterocycles. The summed E-state index contributed by atoms with van der Waals surface area (Å²) < 4.78 is 9.19. The van der Waals surface area contributed by atoms with Crippen molar-refractivity contribution in [1.82, 2.24) is 14.5 Å². The summed E-state index contributed by atoms with van der Waals surface area (Å²) in [6.07, 6.45) is 0. The molecule has 60 heavy (non-hydrogen) atoms. The first kappa shape index (κ1) is 34.0. The van der Waals surface area contributed by atoms with Crippen molar-refractivity contribution in [2.45, 2.75) is 0 Å². The van der Waals surface area contributed by atoms with Gasteiger partial charge in [0.1, 0.15) is 11.2 Å². The van der Waals surface area contributed by atoms with E-state index in [0.717, 1.165) is 83.2 Å². The Hall–Kier alpha value is -8.08. The normalized spacial score (nSPS) is 11.7. The topological polar surface area (TPSA) is 43.9 Å². The van der Waals surface area contributed by atoms with E-state index in [1.54, 1.807) is 0 Å². The Labute approximate surface area is 346 Å². The van der Waals surface area contributed by atoms with E-state index in [-0.39, 0.29) is 0 Å². The summed E-state index contributed by atoms with van der Waals surface area (Å²) in [5.74, 6) is 0.694. The third kappa shape index (κ3) is 5.53. The van der Waals surface area contributed by atoms with Gasteiger partial charge in [-0.1, -0.05) is 170 Å². The van der Waals surface area contributed by atoms with Crippen molar-refractivity contribution in [3.8, 4) is 61.8 Å². The molecular formula is C56H35N3O. The molecule has 0 atom stereocenters. The zero-order valence-electron chi connectivity index (χ0n) is 32.5. The maximum absolute atomic E-state index is 6.80. The maximum atomic E-state index is 6.80. The van der Waals surface area contributed by atoms with E-state index in [2.05, 4.69) is 193 Å². The van der Waals surface area contributed by atoms with Crippen LogP contribution in [0.15, 0.2) is 217 Å². The zero-order valence-corrected chi connectivity index (χ0v) is 32.5. The van der Waals surface area contributed by atoms with Crippen LogP contribution < -0.4 is 0 Å². The summed E-state index contributed by atoms with van der Waals surface area (Å²) in [5, 5.41) is 6.88. The van der Waals surface area contributed by atoms with E-state index < -0.39 is 0 Å². The van der Waals surface area contributed by atoms with E-state index in [9.17, 15) is 0 Å². The first-order chi connectivity index (χ1) is 29.7. The van der Waals surface area contributed by atoms with Crippen molar-refractivity contribution in [3.63, 3.8) is 0 Å². The van der Waals surface area contributed by atoms with Crippen LogP contribution in [0, 0.1) is 0 Å². The number of para-hydroxylation sites is 2. The predicted octanol–water partition coefficient (Wildman–Crippen LogP) is 15.0. The second-order valence-electron chi connectivity index (χ2n) is 15.3. The van der Waals surface area contributed by atoms with Gasteiger partial charge in [-0.2, -0.15) is 0 Å². The molecule has 0 saturated carbocycles. The highest BCUT2D eigenvalue weighted by Gasteiger charge is 2.21. The Morgan fingerprint density at radius 2 is 0.900 bits per heavy atom. The first-order valence-corrected chi connectivity index (χ1v) is 20.3. The number of benzene rings is 9. The van der Waals surface area contributed by atoms with Crippen LogP contribution in [-0.2, 0) is 0 Å². The van der Waals surface area contributed by atoms with Gasteiger partial charge in [0.25, 0.3) is 0 Å². The van der Waals surface area contributed by atoms with Crippen LogP contribution in [-0.4, -0.2) is 14.5 Å². The highest BCUT2D eigenvalue weighted by molar-refractivity contribution is 6.22.